The molecule has 0 radical (unpaired) electrons. The number of piperidine rings is 1. The summed E-state index contributed by atoms with van der Waals surface area (Å²) in [6.07, 6.45) is 2.09. The van der Waals surface area contributed by atoms with E-state index in [1.807, 2.05) is 0 Å². The highest BCUT2D eigenvalue weighted by molar-refractivity contribution is 7.89. The van der Waals surface area contributed by atoms with E-state index in [1.54, 1.807) is 24.3 Å². The number of methoxy groups -OCH3 is 2. The molecule has 0 aliphatic carbocycles. The molecule has 0 atom stereocenters. The zero-order chi connectivity index (χ0) is 23.6. The van der Waals surface area contributed by atoms with Crippen molar-refractivity contribution in [3.05, 3.63) is 53.1 Å². The summed E-state index contributed by atoms with van der Waals surface area (Å²) >= 11 is 0. The summed E-state index contributed by atoms with van der Waals surface area (Å²) in [6, 6.07) is 9.39. The number of anilines is 1. The van der Waals surface area contributed by atoms with E-state index in [1.165, 1.54) is 37.0 Å². The van der Waals surface area contributed by atoms with Crippen LogP contribution in [0.2, 0.25) is 0 Å². The maximum absolute atomic E-state index is 13.1. The van der Waals surface area contributed by atoms with Gasteiger partial charge in [0.15, 0.2) is 11.5 Å². The first-order valence-electron chi connectivity index (χ1n) is 10.3. The Balaban J connectivity index is 1.42. The molecule has 10 nitrogen and oxygen atoms in total. The van der Waals surface area contributed by atoms with E-state index in [0.717, 1.165) is 0 Å². The van der Waals surface area contributed by atoms with Crippen LogP contribution < -0.4 is 20.3 Å². The van der Waals surface area contributed by atoms with Gasteiger partial charge in [-0.3, -0.25) is 9.59 Å². The average molecular weight is 473 g/mol. The standard InChI is InChI=1S/C22H24N4O6S/c1-31-19-6-4-16(12-20(19)32-2)33(29,30)26-9-7-14(8-10-26)21(27)25-15-3-5-18-17(11-15)22(28)24-13-23-18/h3-6,11-14H,7-10H2,1-2H3,(H,25,27)(H,23,24,28). The number of fused-ring (bicyclic) bond motifs is 1. The number of carbonyl (C=O) groups is 1. The fraction of sp³-hybridized carbons (Fsp3) is 0.318. The van der Waals surface area contributed by atoms with Crippen LogP contribution in [0.1, 0.15) is 12.8 Å². The van der Waals surface area contributed by atoms with Crippen LogP contribution in [-0.4, -0.2) is 55.9 Å². The van der Waals surface area contributed by atoms with Crippen LogP contribution in [0.4, 0.5) is 5.69 Å². The minimum atomic E-state index is -3.74. The number of ether oxygens (including phenoxy) is 2. The molecule has 174 valence electrons. The lowest BCUT2D eigenvalue weighted by molar-refractivity contribution is -0.120. The summed E-state index contributed by atoms with van der Waals surface area (Å²) in [5.41, 5.74) is 0.738. The largest absolute Gasteiger partial charge is 0.493 e. The summed E-state index contributed by atoms with van der Waals surface area (Å²) in [5.74, 6) is 0.220. The van der Waals surface area contributed by atoms with Crippen LogP contribution in [0.25, 0.3) is 10.9 Å². The van der Waals surface area contributed by atoms with E-state index < -0.39 is 10.0 Å². The number of nitrogens with zero attached hydrogens (tertiary/aromatic N) is 2. The molecule has 1 fully saturated rings. The molecule has 0 saturated carbocycles. The minimum Gasteiger partial charge on any atom is -0.493 e. The molecule has 1 aromatic heterocycles. The van der Waals surface area contributed by atoms with Crippen molar-refractivity contribution in [1.29, 1.82) is 0 Å². The van der Waals surface area contributed by atoms with E-state index in [2.05, 4.69) is 15.3 Å². The molecule has 4 rings (SSSR count). The van der Waals surface area contributed by atoms with Crippen molar-refractivity contribution in [3.63, 3.8) is 0 Å². The van der Waals surface area contributed by atoms with Gasteiger partial charge in [0, 0.05) is 30.8 Å². The number of benzene rings is 2. The first-order chi connectivity index (χ1) is 15.8. The van der Waals surface area contributed by atoms with Gasteiger partial charge in [-0.05, 0) is 43.2 Å². The van der Waals surface area contributed by atoms with Gasteiger partial charge in [0.05, 0.1) is 36.3 Å². The molecule has 3 aromatic rings. The molecule has 1 aliphatic heterocycles. The van der Waals surface area contributed by atoms with Gasteiger partial charge >= 0.3 is 0 Å². The summed E-state index contributed by atoms with van der Waals surface area (Å²) in [5, 5.41) is 3.21. The lowest BCUT2D eigenvalue weighted by atomic mass is 9.97. The maximum Gasteiger partial charge on any atom is 0.258 e. The van der Waals surface area contributed by atoms with E-state index in [4.69, 9.17) is 9.47 Å². The molecule has 0 unspecified atom stereocenters. The van der Waals surface area contributed by atoms with Crippen LogP contribution in [0.5, 0.6) is 11.5 Å². The van der Waals surface area contributed by atoms with E-state index in [0.29, 0.717) is 40.9 Å². The summed E-state index contributed by atoms with van der Waals surface area (Å²) < 4.78 is 37.9. The van der Waals surface area contributed by atoms with Crippen molar-refractivity contribution >= 4 is 32.5 Å². The second-order valence-corrected chi connectivity index (χ2v) is 9.59. The molecule has 2 aromatic carbocycles. The lowest BCUT2D eigenvalue weighted by Crippen LogP contribution is -2.41. The topological polar surface area (TPSA) is 131 Å². The molecular formula is C22H24N4O6S. The van der Waals surface area contributed by atoms with Crippen LogP contribution in [0, 0.1) is 5.92 Å². The highest BCUT2D eigenvalue weighted by Crippen LogP contribution is 2.32. The minimum absolute atomic E-state index is 0.109. The molecule has 1 saturated heterocycles. The Morgan fingerprint density at radius 2 is 1.82 bits per heavy atom. The van der Waals surface area contributed by atoms with Crippen LogP contribution >= 0.6 is 0 Å². The van der Waals surface area contributed by atoms with Gasteiger partial charge in [0.25, 0.3) is 5.56 Å². The highest BCUT2D eigenvalue weighted by atomic mass is 32.2. The van der Waals surface area contributed by atoms with Gasteiger partial charge in [-0.2, -0.15) is 4.31 Å². The molecule has 0 spiro atoms. The number of H-pyrrole nitrogens is 1. The molecule has 0 bridgehead atoms. The number of nitrogens with one attached hydrogen (secondary N) is 2. The van der Waals surface area contributed by atoms with Crippen LogP contribution in [-0.2, 0) is 14.8 Å². The fourth-order valence-electron chi connectivity index (χ4n) is 3.88. The fourth-order valence-corrected chi connectivity index (χ4v) is 5.36. The van der Waals surface area contributed by atoms with E-state index in [-0.39, 0.29) is 35.4 Å². The molecule has 11 heteroatoms. The van der Waals surface area contributed by atoms with Gasteiger partial charge in [0.2, 0.25) is 15.9 Å². The zero-order valence-corrected chi connectivity index (χ0v) is 19.0. The Kier molecular flexibility index (Phi) is 6.34. The normalized spacial score (nSPS) is 15.3. The molecule has 1 aliphatic rings. The van der Waals surface area contributed by atoms with Gasteiger partial charge in [-0.15, -0.1) is 0 Å². The van der Waals surface area contributed by atoms with Crippen molar-refractivity contribution < 1.29 is 22.7 Å². The van der Waals surface area contributed by atoms with Crippen molar-refractivity contribution in [1.82, 2.24) is 14.3 Å². The predicted molar refractivity (Wildman–Crippen MR) is 122 cm³/mol. The average Bonchev–Trinajstić information content (AvgIpc) is 2.84. The van der Waals surface area contributed by atoms with Gasteiger partial charge in [-0.25, -0.2) is 13.4 Å². The number of rotatable bonds is 6. The van der Waals surface area contributed by atoms with Crippen molar-refractivity contribution in [2.75, 3.05) is 32.6 Å². The van der Waals surface area contributed by atoms with Crippen LogP contribution in [0.3, 0.4) is 0 Å². The quantitative estimate of drug-likeness (QED) is 0.561. The number of aromatic amines is 1. The first-order valence-corrected chi connectivity index (χ1v) is 11.8. The number of aromatic nitrogens is 2. The Morgan fingerprint density at radius 3 is 2.52 bits per heavy atom. The number of hydrogen-bond acceptors (Lipinski definition) is 7. The summed E-state index contributed by atoms with van der Waals surface area (Å²) in [6.45, 7) is 0.437. The smallest absolute Gasteiger partial charge is 0.258 e. The molecule has 2 heterocycles. The Labute approximate surface area is 190 Å². The van der Waals surface area contributed by atoms with E-state index >= 15 is 0 Å². The third-order valence-corrected chi connectivity index (χ3v) is 7.62. The third-order valence-electron chi connectivity index (χ3n) is 5.73. The number of hydrogen-bond donors (Lipinski definition) is 2. The summed E-state index contributed by atoms with van der Waals surface area (Å²) in [4.78, 5) is 31.4. The number of sulfonamides is 1. The van der Waals surface area contributed by atoms with E-state index in [9.17, 15) is 18.0 Å². The molecular weight excluding hydrogens is 448 g/mol. The molecule has 33 heavy (non-hydrogen) atoms. The Bertz CT molecular complexity index is 1350. The predicted octanol–water partition coefficient (Wildman–Crippen LogP) is 1.98. The SMILES string of the molecule is COc1ccc(S(=O)(=O)N2CCC(C(=O)Nc3ccc4nc[nH]c(=O)c4c3)CC2)cc1OC. The van der Waals surface area contributed by atoms with Crippen molar-refractivity contribution in [2.24, 2.45) is 5.92 Å². The van der Waals surface area contributed by atoms with Crippen molar-refractivity contribution in [3.8, 4) is 11.5 Å². The number of carbonyl (C=O) groups excluding carboxylic acids is 1. The summed E-state index contributed by atoms with van der Waals surface area (Å²) in [7, 11) is -0.810. The number of amides is 1. The lowest BCUT2D eigenvalue weighted by Gasteiger charge is -2.30. The Hall–Kier alpha value is -3.44. The second-order valence-electron chi connectivity index (χ2n) is 7.65. The second kappa shape index (κ2) is 9.20. The molecule has 2 N–H and O–H groups in total. The monoisotopic (exact) mass is 472 g/mol. The van der Waals surface area contributed by atoms with Gasteiger partial charge < -0.3 is 19.8 Å². The molecule has 1 amide bonds. The Morgan fingerprint density at radius 1 is 1.09 bits per heavy atom. The highest BCUT2D eigenvalue weighted by Gasteiger charge is 2.32. The van der Waals surface area contributed by atoms with Crippen LogP contribution in [0.15, 0.2) is 52.4 Å². The third kappa shape index (κ3) is 4.55. The van der Waals surface area contributed by atoms with Gasteiger partial charge in [0.1, 0.15) is 0 Å². The first kappa shape index (κ1) is 22.7. The maximum atomic E-state index is 13.1. The zero-order valence-electron chi connectivity index (χ0n) is 18.2. The van der Waals surface area contributed by atoms with Crippen molar-refractivity contribution in [2.45, 2.75) is 17.7 Å². The van der Waals surface area contributed by atoms with Gasteiger partial charge in [-0.1, -0.05) is 0 Å².